The largest absolute Gasteiger partial charge is 0.275 e. The minimum absolute atomic E-state index is 0.220. The number of fused-ring (bicyclic) bond motifs is 1. The number of benzene rings is 2. The Balaban J connectivity index is 1.47. The lowest BCUT2D eigenvalue weighted by atomic mass is 10.1. The van der Waals surface area contributed by atoms with Gasteiger partial charge in [-0.25, -0.2) is 8.78 Å². The highest BCUT2D eigenvalue weighted by molar-refractivity contribution is 7.19. The molecule has 3 aromatic heterocycles. The van der Waals surface area contributed by atoms with Gasteiger partial charge in [0.05, 0.1) is 11.4 Å². The van der Waals surface area contributed by atoms with Crippen LogP contribution in [-0.2, 0) is 6.42 Å². The molecule has 0 aliphatic rings. The molecule has 0 bridgehead atoms. The van der Waals surface area contributed by atoms with Crippen LogP contribution in [-0.4, -0.2) is 30.0 Å². The predicted molar refractivity (Wildman–Crippen MR) is 101 cm³/mol. The molecule has 0 aliphatic carbocycles. The van der Waals surface area contributed by atoms with Crippen LogP contribution < -0.4 is 0 Å². The molecule has 0 saturated heterocycles. The normalized spacial score (nSPS) is 11.4. The summed E-state index contributed by atoms with van der Waals surface area (Å²) in [4.78, 5) is 0.595. The van der Waals surface area contributed by atoms with Crippen LogP contribution in [0.1, 0.15) is 11.4 Å². The summed E-state index contributed by atoms with van der Waals surface area (Å²) in [6, 6.07) is 15.1. The van der Waals surface area contributed by atoms with Crippen LogP contribution in [0.25, 0.3) is 26.9 Å². The fraction of sp³-hybridized carbons (Fsp3) is 0.0526. The summed E-state index contributed by atoms with van der Waals surface area (Å²) in [7, 11) is 0. The van der Waals surface area contributed by atoms with Crippen LogP contribution in [0.15, 0.2) is 54.6 Å². The minimum atomic E-state index is -0.624. The number of aromatic amines is 1. The summed E-state index contributed by atoms with van der Waals surface area (Å²) in [5.41, 5.74) is 3.05. The standard InChI is InChI=1S/C19H12F2N6S/c20-13-6-11(7-14(21)9-13)8-17-24-25-19-27(17)26-18(28-19)16-10-15(22-23-16)12-4-2-1-3-5-12/h1-7,9-10H,8H2,(H,22,23). The van der Waals surface area contributed by atoms with Gasteiger partial charge in [0.2, 0.25) is 4.96 Å². The van der Waals surface area contributed by atoms with E-state index < -0.39 is 11.6 Å². The lowest BCUT2D eigenvalue weighted by Gasteiger charge is -1.99. The van der Waals surface area contributed by atoms with E-state index >= 15 is 0 Å². The van der Waals surface area contributed by atoms with E-state index in [4.69, 9.17) is 0 Å². The van der Waals surface area contributed by atoms with Gasteiger partial charge in [-0.3, -0.25) is 5.10 Å². The van der Waals surface area contributed by atoms with E-state index in [0.29, 0.717) is 21.4 Å². The molecule has 0 saturated carbocycles. The van der Waals surface area contributed by atoms with Crippen LogP contribution >= 0.6 is 11.3 Å². The van der Waals surface area contributed by atoms with Crippen molar-refractivity contribution in [1.82, 2.24) is 30.0 Å². The van der Waals surface area contributed by atoms with Crippen molar-refractivity contribution in [3.63, 3.8) is 0 Å². The summed E-state index contributed by atoms with van der Waals surface area (Å²) >= 11 is 1.36. The van der Waals surface area contributed by atoms with E-state index in [2.05, 4.69) is 25.5 Å². The first-order chi connectivity index (χ1) is 13.7. The van der Waals surface area contributed by atoms with Crippen LogP contribution in [0.2, 0.25) is 0 Å². The van der Waals surface area contributed by atoms with Crippen molar-refractivity contribution in [2.75, 3.05) is 0 Å². The Bertz CT molecular complexity index is 1250. The molecule has 9 heteroatoms. The quantitative estimate of drug-likeness (QED) is 0.498. The van der Waals surface area contributed by atoms with Gasteiger partial charge in [0.1, 0.15) is 11.6 Å². The molecule has 3 heterocycles. The highest BCUT2D eigenvalue weighted by Gasteiger charge is 2.16. The number of hydrogen-bond donors (Lipinski definition) is 1. The van der Waals surface area contributed by atoms with Gasteiger partial charge >= 0.3 is 0 Å². The Kier molecular flexibility index (Phi) is 3.94. The van der Waals surface area contributed by atoms with Gasteiger partial charge in [-0.15, -0.1) is 10.2 Å². The van der Waals surface area contributed by atoms with E-state index in [0.717, 1.165) is 23.0 Å². The molecule has 1 N–H and O–H groups in total. The number of aromatic nitrogens is 6. The van der Waals surface area contributed by atoms with Gasteiger partial charge < -0.3 is 0 Å². The van der Waals surface area contributed by atoms with Gasteiger partial charge in [-0.05, 0) is 23.8 Å². The van der Waals surface area contributed by atoms with Crippen molar-refractivity contribution >= 4 is 16.3 Å². The Morgan fingerprint density at radius 2 is 1.75 bits per heavy atom. The van der Waals surface area contributed by atoms with Crippen molar-refractivity contribution in [1.29, 1.82) is 0 Å². The van der Waals surface area contributed by atoms with Crippen LogP contribution in [0.3, 0.4) is 0 Å². The van der Waals surface area contributed by atoms with Crippen molar-refractivity contribution in [2.45, 2.75) is 6.42 Å². The number of nitrogens with zero attached hydrogens (tertiary/aromatic N) is 5. The van der Waals surface area contributed by atoms with Crippen LogP contribution in [0, 0.1) is 11.6 Å². The molecule has 0 spiro atoms. The maximum absolute atomic E-state index is 13.4. The zero-order valence-corrected chi connectivity index (χ0v) is 15.1. The summed E-state index contributed by atoms with van der Waals surface area (Å²) in [5.74, 6) is -0.744. The minimum Gasteiger partial charge on any atom is -0.275 e. The first-order valence-corrected chi connectivity index (χ1v) is 9.25. The number of rotatable bonds is 4. The summed E-state index contributed by atoms with van der Waals surface area (Å²) in [6.45, 7) is 0. The number of halogens is 2. The van der Waals surface area contributed by atoms with E-state index in [1.807, 2.05) is 36.4 Å². The van der Waals surface area contributed by atoms with E-state index in [1.165, 1.54) is 23.5 Å². The zero-order valence-electron chi connectivity index (χ0n) is 14.3. The molecular formula is C19H12F2N6S. The summed E-state index contributed by atoms with van der Waals surface area (Å²) in [5, 5.41) is 20.8. The fourth-order valence-electron chi connectivity index (χ4n) is 2.96. The van der Waals surface area contributed by atoms with Gasteiger partial charge in [0.15, 0.2) is 10.8 Å². The van der Waals surface area contributed by atoms with E-state index in [-0.39, 0.29) is 6.42 Å². The zero-order chi connectivity index (χ0) is 19.1. The Labute approximate surface area is 161 Å². The molecule has 0 unspecified atom stereocenters. The second-order valence-electron chi connectivity index (χ2n) is 6.21. The third-order valence-electron chi connectivity index (χ3n) is 4.22. The molecule has 0 amide bonds. The third-order valence-corrected chi connectivity index (χ3v) is 5.15. The van der Waals surface area contributed by atoms with Gasteiger partial charge in [-0.2, -0.15) is 14.7 Å². The van der Waals surface area contributed by atoms with E-state index in [9.17, 15) is 8.78 Å². The molecule has 0 radical (unpaired) electrons. The Morgan fingerprint density at radius 3 is 2.54 bits per heavy atom. The number of hydrogen-bond acceptors (Lipinski definition) is 5. The molecule has 138 valence electrons. The van der Waals surface area contributed by atoms with Gasteiger partial charge in [0, 0.05) is 18.1 Å². The lowest BCUT2D eigenvalue weighted by molar-refractivity contribution is 0.580. The molecule has 5 aromatic rings. The second kappa shape index (κ2) is 6.61. The fourth-order valence-corrected chi connectivity index (χ4v) is 3.78. The maximum Gasteiger partial charge on any atom is 0.235 e. The third kappa shape index (κ3) is 3.05. The molecule has 0 atom stereocenters. The SMILES string of the molecule is Fc1cc(F)cc(Cc2nnc3sc(-c4cc(-c5ccccc5)n[nH]4)nn23)c1. The highest BCUT2D eigenvalue weighted by Crippen LogP contribution is 2.27. The topological polar surface area (TPSA) is 71.8 Å². The predicted octanol–water partition coefficient (Wildman–Crippen LogP) is 4.11. The maximum atomic E-state index is 13.4. The lowest BCUT2D eigenvalue weighted by Crippen LogP contribution is -1.99. The van der Waals surface area contributed by atoms with Gasteiger partial charge in [-0.1, -0.05) is 41.7 Å². The number of nitrogens with one attached hydrogen (secondary N) is 1. The molecular weight excluding hydrogens is 382 g/mol. The molecule has 0 aliphatic heterocycles. The molecule has 6 nitrogen and oxygen atoms in total. The van der Waals surface area contributed by atoms with E-state index in [1.54, 1.807) is 4.52 Å². The highest BCUT2D eigenvalue weighted by atomic mass is 32.1. The first kappa shape index (κ1) is 16.7. The second-order valence-corrected chi connectivity index (χ2v) is 7.16. The van der Waals surface area contributed by atoms with Crippen molar-refractivity contribution in [3.8, 4) is 22.0 Å². The number of H-pyrrole nitrogens is 1. The molecule has 2 aromatic carbocycles. The monoisotopic (exact) mass is 394 g/mol. The smallest absolute Gasteiger partial charge is 0.235 e. The van der Waals surface area contributed by atoms with Gasteiger partial charge in [0.25, 0.3) is 0 Å². The van der Waals surface area contributed by atoms with Crippen molar-refractivity contribution in [3.05, 3.63) is 77.6 Å². The first-order valence-electron chi connectivity index (χ1n) is 8.43. The van der Waals surface area contributed by atoms with Crippen LogP contribution in [0.4, 0.5) is 8.78 Å². The molecule has 28 heavy (non-hydrogen) atoms. The van der Waals surface area contributed by atoms with Crippen LogP contribution in [0.5, 0.6) is 0 Å². The molecule has 5 rings (SSSR count). The molecule has 0 fully saturated rings. The average molecular weight is 394 g/mol. The Morgan fingerprint density at radius 1 is 0.964 bits per heavy atom. The average Bonchev–Trinajstić information content (AvgIpc) is 3.38. The summed E-state index contributed by atoms with van der Waals surface area (Å²) in [6.07, 6.45) is 0.220. The summed E-state index contributed by atoms with van der Waals surface area (Å²) < 4.78 is 28.5. The Hall–Kier alpha value is -3.46. The van der Waals surface area contributed by atoms with Crippen molar-refractivity contribution < 1.29 is 8.78 Å². The van der Waals surface area contributed by atoms with Crippen molar-refractivity contribution in [2.24, 2.45) is 0 Å².